The van der Waals surface area contributed by atoms with E-state index < -0.39 is 5.41 Å². The minimum Gasteiger partial charge on any atom is -0.356 e. The van der Waals surface area contributed by atoms with Crippen LogP contribution in [0.25, 0.3) is 11.1 Å². The largest absolute Gasteiger partial charge is 0.356 e. The van der Waals surface area contributed by atoms with Gasteiger partial charge in [0.25, 0.3) is 5.91 Å². The number of amides is 2. The Hall–Kier alpha value is -3.54. The smallest absolute Gasteiger partial charge is 0.255 e. The van der Waals surface area contributed by atoms with Crippen LogP contribution in [0.4, 0.5) is 0 Å². The van der Waals surface area contributed by atoms with Gasteiger partial charge < -0.3 is 10.2 Å². The van der Waals surface area contributed by atoms with Crippen molar-refractivity contribution in [1.82, 2.24) is 20.2 Å². The third-order valence-electron chi connectivity index (χ3n) is 6.07. The summed E-state index contributed by atoms with van der Waals surface area (Å²) < 4.78 is 0. The summed E-state index contributed by atoms with van der Waals surface area (Å²) in [5, 5.41) is 3.02. The zero-order valence-electron chi connectivity index (χ0n) is 18.3. The van der Waals surface area contributed by atoms with E-state index >= 15 is 0 Å². The first kappa shape index (κ1) is 21.7. The molecule has 3 heterocycles. The number of pyridine rings is 2. The number of hydrogen-bond acceptors (Lipinski definition) is 4. The topological polar surface area (TPSA) is 75.2 Å². The molecule has 1 aromatic carbocycles. The average Bonchev–Trinajstić information content (AvgIpc) is 2.85. The number of piperidine rings is 1. The fourth-order valence-electron chi connectivity index (χ4n) is 4.53. The number of aromatic nitrogens is 2. The lowest BCUT2D eigenvalue weighted by Crippen LogP contribution is -2.54. The standard InChI is InChI=1S/C26H28N4O2/c1-2-29-25(32)26(11-5-15-30(19-26)24(31)23-8-4-12-28-18-23)17-20-6-3-7-22(16-20)21-9-13-27-14-10-21/h3-4,6-10,12-14,16,18H,2,5,11,15,17,19H2,1H3,(H,29,32). The molecule has 3 aromatic rings. The molecular formula is C26H28N4O2. The van der Waals surface area contributed by atoms with Crippen molar-refractivity contribution < 1.29 is 9.59 Å². The van der Waals surface area contributed by atoms with Crippen molar-refractivity contribution >= 4 is 11.8 Å². The summed E-state index contributed by atoms with van der Waals surface area (Å²) in [4.78, 5) is 36.4. The van der Waals surface area contributed by atoms with Crippen molar-refractivity contribution in [2.75, 3.05) is 19.6 Å². The molecule has 1 saturated heterocycles. The van der Waals surface area contributed by atoms with Crippen molar-refractivity contribution in [1.29, 1.82) is 0 Å². The lowest BCUT2D eigenvalue weighted by molar-refractivity contribution is -0.133. The normalized spacial score (nSPS) is 18.2. The van der Waals surface area contributed by atoms with Crippen LogP contribution in [0.15, 0.2) is 73.3 Å². The Kier molecular flexibility index (Phi) is 6.59. The Morgan fingerprint density at radius 1 is 1.03 bits per heavy atom. The molecule has 6 nitrogen and oxygen atoms in total. The minimum atomic E-state index is -0.664. The summed E-state index contributed by atoms with van der Waals surface area (Å²) in [7, 11) is 0. The number of nitrogens with one attached hydrogen (secondary N) is 1. The second-order valence-electron chi connectivity index (χ2n) is 8.32. The SMILES string of the molecule is CCNC(=O)C1(Cc2cccc(-c3ccncc3)c2)CCCN(C(=O)c2cccnc2)C1. The van der Waals surface area contributed by atoms with E-state index in [4.69, 9.17) is 0 Å². The molecule has 1 unspecified atom stereocenters. The summed E-state index contributed by atoms with van der Waals surface area (Å²) in [5.74, 6) is -0.0602. The van der Waals surface area contributed by atoms with Gasteiger partial charge in [-0.3, -0.25) is 19.6 Å². The molecule has 0 radical (unpaired) electrons. The number of carbonyl (C=O) groups excluding carboxylic acids is 2. The molecule has 32 heavy (non-hydrogen) atoms. The van der Waals surface area contributed by atoms with Crippen LogP contribution in [-0.4, -0.2) is 46.3 Å². The fourth-order valence-corrected chi connectivity index (χ4v) is 4.53. The number of carbonyl (C=O) groups is 2. The molecule has 0 saturated carbocycles. The molecule has 4 rings (SSSR count). The molecule has 1 N–H and O–H groups in total. The Morgan fingerprint density at radius 3 is 2.62 bits per heavy atom. The number of likely N-dealkylation sites (tertiary alicyclic amines) is 1. The molecule has 1 atom stereocenters. The van der Waals surface area contributed by atoms with Crippen LogP contribution in [0.5, 0.6) is 0 Å². The monoisotopic (exact) mass is 428 g/mol. The van der Waals surface area contributed by atoms with Gasteiger partial charge in [-0.1, -0.05) is 24.3 Å². The third-order valence-corrected chi connectivity index (χ3v) is 6.07. The van der Waals surface area contributed by atoms with Crippen LogP contribution >= 0.6 is 0 Å². The van der Waals surface area contributed by atoms with E-state index in [1.165, 1.54) is 0 Å². The summed E-state index contributed by atoms with van der Waals surface area (Å²) in [6.45, 7) is 3.53. The predicted octanol–water partition coefficient (Wildman–Crippen LogP) is 3.74. The second-order valence-corrected chi connectivity index (χ2v) is 8.32. The minimum absolute atomic E-state index is 0.0120. The highest BCUT2D eigenvalue weighted by molar-refractivity contribution is 5.94. The maximum absolute atomic E-state index is 13.3. The second kappa shape index (κ2) is 9.73. The fraction of sp³-hybridized carbons (Fsp3) is 0.308. The summed E-state index contributed by atoms with van der Waals surface area (Å²) in [5.41, 5.74) is 3.16. The van der Waals surface area contributed by atoms with E-state index in [-0.39, 0.29) is 11.8 Å². The molecule has 0 spiro atoms. The van der Waals surface area contributed by atoms with Gasteiger partial charge in [0, 0.05) is 44.4 Å². The van der Waals surface area contributed by atoms with E-state index in [1.54, 1.807) is 36.9 Å². The van der Waals surface area contributed by atoms with Crippen LogP contribution in [0.3, 0.4) is 0 Å². The van der Waals surface area contributed by atoms with Crippen LogP contribution in [0.1, 0.15) is 35.7 Å². The molecule has 2 aromatic heterocycles. The number of rotatable bonds is 6. The molecule has 0 aliphatic carbocycles. The van der Waals surface area contributed by atoms with Gasteiger partial charge in [0.1, 0.15) is 0 Å². The quantitative estimate of drug-likeness (QED) is 0.649. The van der Waals surface area contributed by atoms with Gasteiger partial charge >= 0.3 is 0 Å². The molecule has 2 amide bonds. The van der Waals surface area contributed by atoms with Crippen molar-refractivity contribution in [2.45, 2.75) is 26.2 Å². The summed E-state index contributed by atoms with van der Waals surface area (Å²) in [6, 6.07) is 15.8. The van der Waals surface area contributed by atoms with Gasteiger partial charge in [0.15, 0.2) is 0 Å². The van der Waals surface area contributed by atoms with Gasteiger partial charge in [-0.15, -0.1) is 0 Å². The Balaban J connectivity index is 1.62. The third kappa shape index (κ3) is 4.69. The number of hydrogen-bond donors (Lipinski definition) is 1. The van der Waals surface area contributed by atoms with Crippen molar-refractivity contribution in [3.8, 4) is 11.1 Å². The molecular weight excluding hydrogens is 400 g/mol. The highest BCUT2D eigenvalue weighted by Gasteiger charge is 2.43. The van der Waals surface area contributed by atoms with E-state index in [9.17, 15) is 9.59 Å². The molecule has 0 bridgehead atoms. The van der Waals surface area contributed by atoms with Gasteiger partial charge in [0.2, 0.25) is 5.91 Å². The lowest BCUT2D eigenvalue weighted by Gasteiger charge is -2.42. The van der Waals surface area contributed by atoms with E-state index in [1.807, 2.05) is 30.0 Å². The summed E-state index contributed by atoms with van der Waals surface area (Å²) >= 11 is 0. The van der Waals surface area contributed by atoms with Gasteiger partial charge in [-0.25, -0.2) is 0 Å². The molecule has 6 heteroatoms. The van der Waals surface area contributed by atoms with Gasteiger partial charge in [0.05, 0.1) is 11.0 Å². The molecule has 1 fully saturated rings. The maximum Gasteiger partial charge on any atom is 0.255 e. The van der Waals surface area contributed by atoms with E-state index in [2.05, 4.69) is 33.5 Å². The van der Waals surface area contributed by atoms with Crippen molar-refractivity contribution in [2.24, 2.45) is 5.41 Å². The van der Waals surface area contributed by atoms with Gasteiger partial charge in [-0.2, -0.15) is 0 Å². The average molecular weight is 429 g/mol. The maximum atomic E-state index is 13.3. The number of nitrogens with zero attached hydrogens (tertiary/aromatic N) is 3. The van der Waals surface area contributed by atoms with Crippen LogP contribution in [0, 0.1) is 5.41 Å². The highest BCUT2D eigenvalue weighted by atomic mass is 16.2. The van der Waals surface area contributed by atoms with E-state index in [0.717, 1.165) is 29.5 Å². The molecule has 1 aliphatic heterocycles. The van der Waals surface area contributed by atoms with Crippen LogP contribution < -0.4 is 5.32 Å². The van der Waals surface area contributed by atoms with Gasteiger partial charge in [-0.05, 0) is 67.1 Å². The number of benzene rings is 1. The Morgan fingerprint density at radius 2 is 1.88 bits per heavy atom. The summed E-state index contributed by atoms with van der Waals surface area (Å²) in [6.07, 6.45) is 8.91. The Labute approximate surface area is 188 Å². The molecule has 1 aliphatic rings. The first-order valence-electron chi connectivity index (χ1n) is 11.1. The van der Waals surface area contributed by atoms with Crippen LogP contribution in [-0.2, 0) is 11.2 Å². The zero-order chi connectivity index (χ0) is 22.4. The Bertz CT molecular complexity index is 1070. The first-order valence-corrected chi connectivity index (χ1v) is 11.1. The molecule has 164 valence electrons. The zero-order valence-corrected chi connectivity index (χ0v) is 18.3. The van der Waals surface area contributed by atoms with Crippen molar-refractivity contribution in [3.05, 3.63) is 84.4 Å². The van der Waals surface area contributed by atoms with Crippen LogP contribution in [0.2, 0.25) is 0 Å². The van der Waals surface area contributed by atoms with Crippen molar-refractivity contribution in [3.63, 3.8) is 0 Å². The predicted molar refractivity (Wildman–Crippen MR) is 124 cm³/mol. The lowest BCUT2D eigenvalue weighted by atomic mass is 9.73. The van der Waals surface area contributed by atoms with E-state index in [0.29, 0.717) is 31.6 Å². The highest BCUT2D eigenvalue weighted by Crippen LogP contribution is 2.35. The first-order chi connectivity index (χ1) is 15.6.